The third kappa shape index (κ3) is 5.17. The first kappa shape index (κ1) is 23.0. The molecule has 178 valence electrons. The third-order valence-corrected chi connectivity index (χ3v) is 7.00. The fourth-order valence-corrected chi connectivity index (χ4v) is 4.81. The molecular weight excluding hydrogens is 460 g/mol. The Kier molecular flexibility index (Phi) is 6.72. The molecule has 7 nitrogen and oxygen atoms in total. The summed E-state index contributed by atoms with van der Waals surface area (Å²) in [7, 11) is 3.28. The molecule has 8 heteroatoms. The van der Waals surface area contributed by atoms with E-state index in [1.807, 2.05) is 83.4 Å². The number of methoxy groups -OCH3 is 2. The first-order valence-corrected chi connectivity index (χ1v) is 12.3. The van der Waals surface area contributed by atoms with E-state index in [1.54, 1.807) is 14.2 Å². The van der Waals surface area contributed by atoms with Crippen molar-refractivity contribution in [3.8, 4) is 28.6 Å². The van der Waals surface area contributed by atoms with Gasteiger partial charge in [-0.3, -0.25) is 9.36 Å². The van der Waals surface area contributed by atoms with Crippen LogP contribution in [-0.4, -0.2) is 40.9 Å². The summed E-state index contributed by atoms with van der Waals surface area (Å²) < 4.78 is 12.6. The minimum atomic E-state index is -0.457. The molecular formula is C27H26N4O3S. The number of amides is 1. The van der Waals surface area contributed by atoms with Crippen molar-refractivity contribution in [3.63, 3.8) is 0 Å². The molecule has 1 atom stereocenters. The van der Waals surface area contributed by atoms with Crippen molar-refractivity contribution >= 4 is 17.7 Å². The number of carbonyl (C=O) groups excluding carboxylic acids is 1. The minimum absolute atomic E-state index is 0.0148. The summed E-state index contributed by atoms with van der Waals surface area (Å²) in [5.74, 6) is 2.18. The van der Waals surface area contributed by atoms with Gasteiger partial charge in [-0.05, 0) is 66.9 Å². The predicted octanol–water partition coefficient (Wildman–Crippen LogP) is 5.06. The van der Waals surface area contributed by atoms with Crippen LogP contribution in [0.25, 0.3) is 17.1 Å². The van der Waals surface area contributed by atoms with Crippen molar-refractivity contribution in [1.82, 2.24) is 20.1 Å². The van der Waals surface area contributed by atoms with Crippen LogP contribution in [0.2, 0.25) is 0 Å². The topological polar surface area (TPSA) is 78.3 Å². The average molecular weight is 487 g/mol. The van der Waals surface area contributed by atoms with Crippen LogP contribution in [0.4, 0.5) is 0 Å². The Morgan fingerprint density at radius 1 is 0.914 bits per heavy atom. The number of aromatic nitrogens is 3. The van der Waals surface area contributed by atoms with Gasteiger partial charge in [0.25, 0.3) is 0 Å². The van der Waals surface area contributed by atoms with Gasteiger partial charge in [0.05, 0.1) is 14.2 Å². The molecule has 1 aromatic heterocycles. The van der Waals surface area contributed by atoms with E-state index in [2.05, 4.69) is 15.5 Å². The number of nitrogens with one attached hydrogen (secondary N) is 1. The molecule has 1 saturated carbocycles. The second kappa shape index (κ2) is 10.2. The van der Waals surface area contributed by atoms with Crippen LogP contribution in [0.3, 0.4) is 0 Å². The summed E-state index contributed by atoms with van der Waals surface area (Å²) >= 11 is 1.40. The number of nitrogens with zero attached hydrogens (tertiary/aromatic N) is 3. The van der Waals surface area contributed by atoms with E-state index >= 15 is 0 Å². The van der Waals surface area contributed by atoms with Gasteiger partial charge in [-0.25, -0.2) is 0 Å². The van der Waals surface area contributed by atoms with E-state index in [0.717, 1.165) is 41.2 Å². The van der Waals surface area contributed by atoms with E-state index in [9.17, 15) is 4.79 Å². The minimum Gasteiger partial charge on any atom is -0.497 e. The van der Waals surface area contributed by atoms with Gasteiger partial charge in [-0.1, -0.05) is 42.1 Å². The lowest BCUT2D eigenvalue weighted by atomic mass is 10.1. The number of ether oxygens (including phenoxy) is 2. The van der Waals surface area contributed by atoms with Gasteiger partial charge in [0, 0.05) is 17.3 Å². The molecule has 0 radical (unpaired) electrons. The van der Waals surface area contributed by atoms with Gasteiger partial charge in [0.15, 0.2) is 11.0 Å². The first-order valence-electron chi connectivity index (χ1n) is 11.4. The standard InChI is InChI=1S/C27H26N4O3S/c1-33-22-14-8-19(9-15-22)25-29-30-27(31(25)21-12-16-23(34-2)17-13-21)35-24(18-6-4-3-5-7-18)26(32)28-20-10-11-20/h3-9,12-17,20,24H,10-11H2,1-2H3,(H,28,32). The number of hydrogen-bond acceptors (Lipinski definition) is 6. The molecule has 3 aromatic carbocycles. The highest BCUT2D eigenvalue weighted by Gasteiger charge is 2.31. The summed E-state index contributed by atoms with van der Waals surface area (Å²) in [6, 6.07) is 25.5. The molecule has 35 heavy (non-hydrogen) atoms. The molecule has 1 aliphatic rings. The fraction of sp³-hybridized carbons (Fsp3) is 0.222. The number of hydrogen-bond donors (Lipinski definition) is 1. The molecule has 1 aliphatic carbocycles. The molecule has 0 spiro atoms. The van der Waals surface area contributed by atoms with Gasteiger partial charge in [0.2, 0.25) is 5.91 Å². The highest BCUT2D eigenvalue weighted by Crippen LogP contribution is 2.38. The van der Waals surface area contributed by atoms with Crippen molar-refractivity contribution in [2.75, 3.05) is 14.2 Å². The smallest absolute Gasteiger partial charge is 0.238 e. The Bertz CT molecular complexity index is 1290. The van der Waals surface area contributed by atoms with Crippen molar-refractivity contribution in [2.45, 2.75) is 29.3 Å². The Labute approximate surface area is 208 Å². The largest absolute Gasteiger partial charge is 0.497 e. The quantitative estimate of drug-likeness (QED) is 0.333. The summed E-state index contributed by atoms with van der Waals surface area (Å²) in [5.41, 5.74) is 2.68. The first-order chi connectivity index (χ1) is 17.2. The van der Waals surface area contributed by atoms with E-state index in [0.29, 0.717) is 11.0 Å². The molecule has 1 amide bonds. The van der Waals surface area contributed by atoms with E-state index in [4.69, 9.17) is 9.47 Å². The van der Waals surface area contributed by atoms with Gasteiger partial charge in [0.1, 0.15) is 16.7 Å². The summed E-state index contributed by atoms with van der Waals surface area (Å²) in [6.45, 7) is 0. The highest BCUT2D eigenvalue weighted by atomic mass is 32.2. The van der Waals surface area contributed by atoms with Crippen molar-refractivity contribution in [3.05, 3.63) is 84.4 Å². The number of thioether (sulfide) groups is 1. The normalized spacial score (nSPS) is 13.8. The monoisotopic (exact) mass is 486 g/mol. The molecule has 0 bridgehead atoms. The van der Waals surface area contributed by atoms with Crippen LogP contribution >= 0.6 is 11.8 Å². The molecule has 1 N–H and O–H groups in total. The molecule has 0 aliphatic heterocycles. The van der Waals surface area contributed by atoms with Gasteiger partial charge in [-0.2, -0.15) is 0 Å². The average Bonchev–Trinajstić information content (AvgIpc) is 3.63. The second-order valence-electron chi connectivity index (χ2n) is 8.26. The van der Waals surface area contributed by atoms with Gasteiger partial charge < -0.3 is 14.8 Å². The van der Waals surface area contributed by atoms with Crippen LogP contribution in [0.1, 0.15) is 23.7 Å². The molecule has 1 heterocycles. The molecule has 0 saturated heterocycles. The number of carbonyl (C=O) groups is 1. The fourth-order valence-electron chi connectivity index (χ4n) is 3.75. The van der Waals surface area contributed by atoms with Gasteiger partial charge in [-0.15, -0.1) is 10.2 Å². The number of benzene rings is 3. The zero-order valence-corrected chi connectivity index (χ0v) is 20.4. The van der Waals surface area contributed by atoms with E-state index in [1.165, 1.54) is 11.8 Å². The van der Waals surface area contributed by atoms with Crippen LogP contribution in [0.15, 0.2) is 84.0 Å². The van der Waals surface area contributed by atoms with E-state index < -0.39 is 5.25 Å². The zero-order chi connectivity index (χ0) is 24.2. The lowest BCUT2D eigenvalue weighted by Crippen LogP contribution is -2.29. The molecule has 4 aromatic rings. The lowest BCUT2D eigenvalue weighted by molar-refractivity contribution is -0.120. The SMILES string of the molecule is COc1ccc(-c2nnc(SC(C(=O)NC3CC3)c3ccccc3)n2-c2ccc(OC)cc2)cc1. The highest BCUT2D eigenvalue weighted by molar-refractivity contribution is 8.00. The molecule has 1 fully saturated rings. The Morgan fingerprint density at radius 3 is 2.14 bits per heavy atom. The van der Waals surface area contributed by atoms with Gasteiger partial charge >= 0.3 is 0 Å². The van der Waals surface area contributed by atoms with E-state index in [-0.39, 0.29) is 11.9 Å². The van der Waals surface area contributed by atoms with Crippen molar-refractivity contribution < 1.29 is 14.3 Å². The predicted molar refractivity (Wildman–Crippen MR) is 136 cm³/mol. The summed E-state index contributed by atoms with van der Waals surface area (Å²) in [4.78, 5) is 13.3. The maximum Gasteiger partial charge on any atom is 0.238 e. The second-order valence-corrected chi connectivity index (χ2v) is 9.33. The Morgan fingerprint density at radius 2 is 1.54 bits per heavy atom. The maximum atomic E-state index is 13.3. The Hall–Kier alpha value is -3.78. The van der Waals surface area contributed by atoms with Crippen molar-refractivity contribution in [1.29, 1.82) is 0 Å². The maximum absolute atomic E-state index is 13.3. The van der Waals surface area contributed by atoms with Crippen molar-refractivity contribution in [2.24, 2.45) is 0 Å². The Balaban J connectivity index is 1.57. The zero-order valence-electron chi connectivity index (χ0n) is 19.5. The van der Waals surface area contributed by atoms with Crippen LogP contribution < -0.4 is 14.8 Å². The molecule has 5 rings (SSSR count). The van der Waals surface area contributed by atoms with Crippen LogP contribution in [-0.2, 0) is 4.79 Å². The molecule has 1 unspecified atom stereocenters. The van der Waals surface area contributed by atoms with Crippen LogP contribution in [0.5, 0.6) is 11.5 Å². The number of rotatable bonds is 9. The van der Waals surface area contributed by atoms with Crippen LogP contribution in [0, 0.1) is 0 Å². The summed E-state index contributed by atoms with van der Waals surface area (Å²) in [5, 5.41) is 12.4. The third-order valence-electron chi connectivity index (χ3n) is 5.80. The summed E-state index contributed by atoms with van der Waals surface area (Å²) in [6.07, 6.45) is 2.06. The lowest BCUT2D eigenvalue weighted by Gasteiger charge is -2.18.